The maximum Gasteiger partial charge on any atom is 0.243 e. The third kappa shape index (κ3) is 4.68. The van der Waals surface area contributed by atoms with Crippen LogP contribution in [0.1, 0.15) is 30.1 Å². The first-order valence-corrected chi connectivity index (χ1v) is 10.5. The zero-order valence-electron chi connectivity index (χ0n) is 15.7. The van der Waals surface area contributed by atoms with E-state index in [2.05, 4.69) is 5.32 Å². The largest absolute Gasteiger partial charge is 0.323 e. The van der Waals surface area contributed by atoms with Gasteiger partial charge in [-0.25, -0.2) is 17.2 Å². The molecule has 3 rings (SSSR count). The maximum absolute atomic E-state index is 13.7. The molecule has 2 aromatic rings. The van der Waals surface area contributed by atoms with E-state index in [0.29, 0.717) is 11.6 Å². The van der Waals surface area contributed by atoms with Crippen LogP contribution in [-0.4, -0.2) is 37.5 Å². The molecule has 1 saturated heterocycles. The van der Waals surface area contributed by atoms with E-state index in [-0.39, 0.29) is 42.3 Å². The molecule has 1 aliphatic heterocycles. The molecule has 0 aromatic heterocycles. The molecular weight excluding hydrogens is 402 g/mol. The first kappa shape index (κ1) is 21.1. The van der Waals surface area contributed by atoms with Gasteiger partial charge in [-0.1, -0.05) is 12.1 Å². The molecule has 1 fully saturated rings. The van der Waals surface area contributed by atoms with Crippen LogP contribution >= 0.6 is 0 Å². The molecule has 0 atom stereocenters. The van der Waals surface area contributed by atoms with Gasteiger partial charge in [-0.2, -0.15) is 4.31 Å². The third-order valence-corrected chi connectivity index (χ3v) is 6.79. The standard InChI is InChI=1S/C20H20F2N2O4S/c1-13(25)15-3-2-4-17(11-15)29(27,28)24-9-7-14(8-10-24)20(26)23-19-6-5-16(21)12-18(19)22/h2-6,11-12,14H,7-10H2,1H3,(H,23,26). The summed E-state index contributed by atoms with van der Waals surface area (Å²) in [4.78, 5) is 23.9. The summed E-state index contributed by atoms with van der Waals surface area (Å²) in [6, 6.07) is 8.70. The summed E-state index contributed by atoms with van der Waals surface area (Å²) in [7, 11) is -3.79. The van der Waals surface area contributed by atoms with Crippen LogP contribution in [0, 0.1) is 17.6 Å². The predicted molar refractivity (Wildman–Crippen MR) is 103 cm³/mol. The number of benzene rings is 2. The lowest BCUT2D eigenvalue weighted by Gasteiger charge is -2.30. The van der Waals surface area contributed by atoms with Crippen LogP contribution in [0.4, 0.5) is 14.5 Å². The van der Waals surface area contributed by atoms with Crippen LogP contribution in [-0.2, 0) is 14.8 Å². The van der Waals surface area contributed by atoms with Crippen LogP contribution in [0.25, 0.3) is 0 Å². The van der Waals surface area contributed by atoms with E-state index >= 15 is 0 Å². The van der Waals surface area contributed by atoms with E-state index in [9.17, 15) is 26.8 Å². The van der Waals surface area contributed by atoms with Gasteiger partial charge in [-0.3, -0.25) is 9.59 Å². The van der Waals surface area contributed by atoms with Crippen molar-refractivity contribution in [3.05, 3.63) is 59.7 Å². The van der Waals surface area contributed by atoms with Crippen molar-refractivity contribution in [2.75, 3.05) is 18.4 Å². The Kier molecular flexibility index (Phi) is 6.09. The Morgan fingerprint density at radius 1 is 1.07 bits per heavy atom. The number of carbonyl (C=O) groups is 2. The molecule has 154 valence electrons. The van der Waals surface area contributed by atoms with Gasteiger partial charge in [0.25, 0.3) is 0 Å². The highest BCUT2D eigenvalue weighted by Gasteiger charge is 2.32. The van der Waals surface area contributed by atoms with Crippen molar-refractivity contribution in [2.45, 2.75) is 24.7 Å². The van der Waals surface area contributed by atoms with Gasteiger partial charge in [0.15, 0.2) is 5.78 Å². The van der Waals surface area contributed by atoms with Crippen molar-refractivity contribution < 1.29 is 26.8 Å². The molecule has 0 saturated carbocycles. The van der Waals surface area contributed by atoms with Gasteiger partial charge in [-0.05, 0) is 44.0 Å². The molecule has 0 aliphatic carbocycles. The third-order valence-electron chi connectivity index (χ3n) is 4.89. The molecule has 1 amide bonds. The van der Waals surface area contributed by atoms with Gasteiger partial charge in [0.1, 0.15) is 11.6 Å². The normalized spacial score (nSPS) is 15.8. The molecule has 9 heteroatoms. The van der Waals surface area contributed by atoms with E-state index in [0.717, 1.165) is 12.1 Å². The van der Waals surface area contributed by atoms with Crippen LogP contribution in [0.2, 0.25) is 0 Å². The second-order valence-corrected chi connectivity index (χ2v) is 8.81. The molecule has 0 spiro atoms. The summed E-state index contributed by atoms with van der Waals surface area (Å²) in [5, 5.41) is 2.43. The Morgan fingerprint density at radius 3 is 2.38 bits per heavy atom. The number of nitrogens with one attached hydrogen (secondary N) is 1. The molecule has 1 aliphatic rings. The van der Waals surface area contributed by atoms with E-state index < -0.39 is 33.5 Å². The molecule has 0 radical (unpaired) electrons. The fourth-order valence-corrected chi connectivity index (χ4v) is 4.72. The smallest absolute Gasteiger partial charge is 0.243 e. The van der Waals surface area contributed by atoms with Gasteiger partial charge in [0.2, 0.25) is 15.9 Å². The highest BCUT2D eigenvalue weighted by molar-refractivity contribution is 7.89. The van der Waals surface area contributed by atoms with E-state index in [1.165, 1.54) is 29.4 Å². The molecule has 29 heavy (non-hydrogen) atoms. The SMILES string of the molecule is CC(=O)c1cccc(S(=O)(=O)N2CCC(C(=O)Nc3ccc(F)cc3F)CC2)c1. The number of amides is 1. The average Bonchev–Trinajstić information content (AvgIpc) is 2.70. The maximum atomic E-state index is 13.7. The van der Waals surface area contributed by atoms with Crippen molar-refractivity contribution in [3.8, 4) is 0 Å². The summed E-state index contributed by atoms with van der Waals surface area (Å²) in [5.41, 5.74) is 0.189. The van der Waals surface area contributed by atoms with Gasteiger partial charge in [-0.15, -0.1) is 0 Å². The second kappa shape index (κ2) is 8.38. The number of anilines is 1. The van der Waals surface area contributed by atoms with Crippen molar-refractivity contribution >= 4 is 27.4 Å². The van der Waals surface area contributed by atoms with Crippen molar-refractivity contribution in [1.82, 2.24) is 4.31 Å². The summed E-state index contributed by atoms with van der Waals surface area (Å²) < 4.78 is 53.6. The number of Topliss-reactive ketones (excluding diaryl/α,β-unsaturated/α-hetero) is 1. The van der Waals surface area contributed by atoms with Gasteiger partial charge >= 0.3 is 0 Å². The molecule has 0 bridgehead atoms. The molecule has 0 unspecified atom stereocenters. The Balaban J connectivity index is 1.65. The number of rotatable bonds is 5. The lowest BCUT2D eigenvalue weighted by molar-refractivity contribution is -0.120. The summed E-state index contributed by atoms with van der Waals surface area (Å²) >= 11 is 0. The van der Waals surface area contributed by atoms with Gasteiger partial charge in [0.05, 0.1) is 10.6 Å². The lowest BCUT2D eigenvalue weighted by atomic mass is 9.97. The van der Waals surface area contributed by atoms with E-state index in [1.54, 1.807) is 6.07 Å². The number of halogens is 2. The predicted octanol–water partition coefficient (Wildman–Crippen LogP) is 3.21. The monoisotopic (exact) mass is 422 g/mol. The first-order valence-electron chi connectivity index (χ1n) is 9.05. The number of piperidine rings is 1. The second-order valence-electron chi connectivity index (χ2n) is 6.88. The molecule has 2 aromatic carbocycles. The van der Waals surface area contributed by atoms with Crippen LogP contribution in [0.15, 0.2) is 47.4 Å². The topological polar surface area (TPSA) is 83.6 Å². The number of hydrogen-bond donors (Lipinski definition) is 1. The Labute approximate surface area is 167 Å². The minimum atomic E-state index is -3.79. The average molecular weight is 422 g/mol. The quantitative estimate of drug-likeness (QED) is 0.750. The van der Waals surface area contributed by atoms with E-state index in [4.69, 9.17) is 0 Å². The fraction of sp³-hybridized carbons (Fsp3) is 0.300. The highest BCUT2D eigenvalue weighted by Crippen LogP contribution is 2.26. The van der Waals surface area contributed by atoms with E-state index in [1.807, 2.05) is 0 Å². The summed E-state index contributed by atoms with van der Waals surface area (Å²) in [6.07, 6.45) is 0.528. The van der Waals surface area contributed by atoms with Crippen molar-refractivity contribution in [2.24, 2.45) is 5.92 Å². The summed E-state index contributed by atoms with van der Waals surface area (Å²) in [6.45, 7) is 1.60. The Hall–Kier alpha value is -2.65. The highest BCUT2D eigenvalue weighted by atomic mass is 32.2. The van der Waals surface area contributed by atoms with Crippen LogP contribution in [0.5, 0.6) is 0 Å². The Bertz CT molecular complexity index is 1050. The molecule has 1 heterocycles. The molecular formula is C20H20F2N2O4S. The summed E-state index contributed by atoms with van der Waals surface area (Å²) in [5.74, 6) is -2.78. The molecule has 1 N–H and O–H groups in total. The van der Waals surface area contributed by atoms with Crippen molar-refractivity contribution in [3.63, 3.8) is 0 Å². The number of nitrogens with zero attached hydrogens (tertiary/aromatic N) is 1. The fourth-order valence-electron chi connectivity index (χ4n) is 3.21. The minimum Gasteiger partial charge on any atom is -0.323 e. The Morgan fingerprint density at radius 2 is 1.76 bits per heavy atom. The number of hydrogen-bond acceptors (Lipinski definition) is 4. The van der Waals surface area contributed by atoms with Crippen molar-refractivity contribution in [1.29, 1.82) is 0 Å². The number of sulfonamides is 1. The van der Waals surface area contributed by atoms with Gasteiger partial charge in [0, 0.05) is 30.6 Å². The minimum absolute atomic E-state index is 0.0292. The van der Waals surface area contributed by atoms with Crippen LogP contribution in [0.3, 0.4) is 0 Å². The number of carbonyl (C=O) groups excluding carboxylic acids is 2. The lowest BCUT2D eigenvalue weighted by Crippen LogP contribution is -2.41. The zero-order chi connectivity index (χ0) is 21.2. The number of ketones is 1. The molecule has 6 nitrogen and oxygen atoms in total. The van der Waals surface area contributed by atoms with Gasteiger partial charge < -0.3 is 5.32 Å². The van der Waals surface area contributed by atoms with Crippen LogP contribution < -0.4 is 5.32 Å². The first-order chi connectivity index (χ1) is 13.7. The zero-order valence-corrected chi connectivity index (χ0v) is 16.5.